The van der Waals surface area contributed by atoms with Crippen molar-refractivity contribution in [2.75, 3.05) is 31.6 Å². The molecule has 1 fully saturated rings. The van der Waals surface area contributed by atoms with Crippen molar-refractivity contribution >= 4 is 17.4 Å². The summed E-state index contributed by atoms with van der Waals surface area (Å²) >= 11 is 0. The van der Waals surface area contributed by atoms with E-state index in [-0.39, 0.29) is 18.0 Å². The molecule has 1 aromatic rings. The lowest BCUT2D eigenvalue weighted by Crippen LogP contribution is -2.28. The molecule has 0 unspecified atom stereocenters. The van der Waals surface area contributed by atoms with Crippen molar-refractivity contribution in [3.63, 3.8) is 0 Å². The molecule has 0 spiro atoms. The molecule has 0 bridgehead atoms. The lowest BCUT2D eigenvalue weighted by Gasteiger charge is -2.19. The molecule has 1 saturated heterocycles. The maximum atomic E-state index is 12.6. The predicted molar refractivity (Wildman–Crippen MR) is 107 cm³/mol. The molecule has 3 rings (SSSR count). The summed E-state index contributed by atoms with van der Waals surface area (Å²) in [6, 6.07) is 0. The van der Waals surface area contributed by atoms with Gasteiger partial charge in [0, 0.05) is 38.0 Å². The van der Waals surface area contributed by atoms with Gasteiger partial charge in [-0.2, -0.15) is 0 Å². The monoisotopic (exact) mass is 378 g/mol. The number of carbonyl (C=O) groups is 1. The van der Waals surface area contributed by atoms with E-state index in [1.165, 1.54) is 12.3 Å². The third kappa shape index (κ3) is 4.38. The molecular weight excluding hydrogens is 356 g/mol. The standard InChI is InChI=1S/C20H22N6O2/c1-3-8-28-18-10-15(21)14(11-22-2)9-16(18)25-20(27)17-12-24-19(13-23-17)26-6-4-5-7-26/h1,9-13,21-22H,4-8H2,2H3,(H,25,27)/b14-11-,21-15?. The number of rotatable bonds is 6. The molecule has 0 saturated carbocycles. The van der Waals surface area contributed by atoms with Gasteiger partial charge in [0.25, 0.3) is 5.91 Å². The topological polar surface area (TPSA) is 103 Å². The van der Waals surface area contributed by atoms with Gasteiger partial charge in [0.15, 0.2) is 0 Å². The number of carbonyl (C=O) groups excluding carboxylic acids is 1. The van der Waals surface area contributed by atoms with E-state index in [9.17, 15) is 4.79 Å². The molecule has 2 heterocycles. The van der Waals surface area contributed by atoms with E-state index >= 15 is 0 Å². The maximum Gasteiger partial charge on any atom is 0.275 e. The molecule has 1 aliphatic heterocycles. The Labute approximate surface area is 163 Å². The van der Waals surface area contributed by atoms with Gasteiger partial charge in [-0.25, -0.2) is 9.97 Å². The maximum absolute atomic E-state index is 12.6. The van der Waals surface area contributed by atoms with Gasteiger partial charge in [-0.05, 0) is 18.9 Å². The molecule has 3 N–H and O–H groups in total. The number of hydrogen-bond acceptors (Lipinski definition) is 7. The Hall–Kier alpha value is -3.60. The van der Waals surface area contributed by atoms with Gasteiger partial charge in [-0.15, -0.1) is 6.42 Å². The second-order valence-corrected chi connectivity index (χ2v) is 6.27. The Balaban J connectivity index is 1.76. The van der Waals surface area contributed by atoms with E-state index in [1.54, 1.807) is 25.5 Å². The predicted octanol–water partition coefficient (Wildman–Crippen LogP) is 1.36. The quantitative estimate of drug-likeness (QED) is 0.646. The van der Waals surface area contributed by atoms with Gasteiger partial charge < -0.3 is 25.7 Å². The van der Waals surface area contributed by atoms with Crippen LogP contribution in [-0.4, -0.2) is 48.3 Å². The molecule has 8 heteroatoms. The van der Waals surface area contributed by atoms with Crippen molar-refractivity contribution < 1.29 is 9.53 Å². The van der Waals surface area contributed by atoms with E-state index in [2.05, 4.69) is 31.4 Å². The second-order valence-electron chi connectivity index (χ2n) is 6.27. The number of hydrogen-bond donors (Lipinski definition) is 3. The zero-order chi connectivity index (χ0) is 19.9. The van der Waals surface area contributed by atoms with Gasteiger partial charge in [-0.3, -0.25) is 4.79 Å². The second kappa shape index (κ2) is 8.86. The van der Waals surface area contributed by atoms with Gasteiger partial charge in [0.1, 0.15) is 23.9 Å². The average Bonchev–Trinajstić information content (AvgIpc) is 3.24. The summed E-state index contributed by atoms with van der Waals surface area (Å²) in [6.45, 7) is 1.95. The zero-order valence-electron chi connectivity index (χ0n) is 15.7. The lowest BCUT2D eigenvalue weighted by molar-refractivity contribution is 0.0956. The third-order valence-corrected chi connectivity index (χ3v) is 4.31. The molecular formula is C20H22N6O2. The minimum atomic E-state index is -0.417. The van der Waals surface area contributed by atoms with Crippen LogP contribution < -0.4 is 15.5 Å². The highest BCUT2D eigenvalue weighted by Gasteiger charge is 2.20. The minimum Gasteiger partial charge on any atom is -0.479 e. The summed E-state index contributed by atoms with van der Waals surface area (Å²) in [4.78, 5) is 23.4. The summed E-state index contributed by atoms with van der Waals surface area (Å²) < 4.78 is 5.48. The highest BCUT2D eigenvalue weighted by Crippen LogP contribution is 2.20. The van der Waals surface area contributed by atoms with Gasteiger partial charge in [0.2, 0.25) is 0 Å². The number of aromatic nitrogens is 2. The molecule has 8 nitrogen and oxygen atoms in total. The number of allylic oxidation sites excluding steroid dienone is 3. The van der Waals surface area contributed by atoms with Crippen LogP contribution in [0.3, 0.4) is 0 Å². The molecule has 0 aromatic carbocycles. The van der Waals surface area contributed by atoms with Crippen LogP contribution in [-0.2, 0) is 4.74 Å². The fourth-order valence-corrected chi connectivity index (χ4v) is 2.94. The van der Waals surface area contributed by atoms with Gasteiger partial charge in [-0.1, -0.05) is 5.92 Å². The Morgan fingerprint density at radius 2 is 2.14 bits per heavy atom. The first kappa shape index (κ1) is 19.2. The molecule has 0 atom stereocenters. The Morgan fingerprint density at radius 3 is 2.79 bits per heavy atom. The number of terminal acetylenes is 1. The number of anilines is 1. The van der Waals surface area contributed by atoms with Crippen molar-refractivity contribution in [2.24, 2.45) is 0 Å². The van der Waals surface area contributed by atoms with E-state index in [0.29, 0.717) is 17.0 Å². The fraction of sp³-hybridized carbons (Fsp3) is 0.300. The van der Waals surface area contributed by atoms with Crippen molar-refractivity contribution in [1.82, 2.24) is 20.6 Å². The SMILES string of the molecule is C#CCOC1=CC(=N)/C(=C\NC)C=C1NC(=O)c1cnc(N2CCCC2)cn1. The molecule has 144 valence electrons. The van der Waals surface area contributed by atoms with Crippen LogP contribution >= 0.6 is 0 Å². The molecule has 1 aliphatic carbocycles. The van der Waals surface area contributed by atoms with Crippen LogP contribution in [0, 0.1) is 17.8 Å². The van der Waals surface area contributed by atoms with Crippen molar-refractivity contribution in [2.45, 2.75) is 12.8 Å². The first-order valence-corrected chi connectivity index (χ1v) is 8.97. The van der Waals surface area contributed by atoms with Crippen LogP contribution in [0.2, 0.25) is 0 Å². The molecule has 1 aromatic heterocycles. The van der Waals surface area contributed by atoms with Gasteiger partial charge >= 0.3 is 0 Å². The van der Waals surface area contributed by atoms with E-state index in [0.717, 1.165) is 31.7 Å². The minimum absolute atomic E-state index is 0.0295. The lowest BCUT2D eigenvalue weighted by atomic mass is 10.0. The summed E-state index contributed by atoms with van der Waals surface area (Å²) in [7, 11) is 1.73. The number of ether oxygens (including phenoxy) is 1. The Bertz CT molecular complexity index is 886. The normalized spacial score (nSPS) is 17.6. The first-order valence-electron chi connectivity index (χ1n) is 8.97. The number of nitrogens with zero attached hydrogens (tertiary/aromatic N) is 3. The van der Waals surface area contributed by atoms with E-state index < -0.39 is 5.91 Å². The molecule has 2 aliphatic rings. The summed E-state index contributed by atoms with van der Waals surface area (Å²) in [5, 5.41) is 13.7. The first-order chi connectivity index (χ1) is 13.6. The van der Waals surface area contributed by atoms with Gasteiger partial charge in [0.05, 0.1) is 23.8 Å². The fourth-order valence-electron chi connectivity index (χ4n) is 2.94. The van der Waals surface area contributed by atoms with Crippen LogP contribution in [0.25, 0.3) is 0 Å². The van der Waals surface area contributed by atoms with E-state index in [1.807, 2.05) is 0 Å². The highest BCUT2D eigenvalue weighted by atomic mass is 16.5. The molecule has 28 heavy (non-hydrogen) atoms. The van der Waals surface area contributed by atoms with Crippen molar-refractivity contribution in [3.8, 4) is 12.3 Å². The summed E-state index contributed by atoms with van der Waals surface area (Å²) in [6.07, 6.45) is 15.4. The highest BCUT2D eigenvalue weighted by molar-refractivity contribution is 6.10. The average molecular weight is 378 g/mol. The van der Waals surface area contributed by atoms with Crippen LogP contribution in [0.5, 0.6) is 0 Å². The number of nitrogens with one attached hydrogen (secondary N) is 3. The smallest absolute Gasteiger partial charge is 0.275 e. The van der Waals surface area contributed by atoms with Crippen LogP contribution in [0.4, 0.5) is 5.82 Å². The van der Waals surface area contributed by atoms with Crippen LogP contribution in [0.15, 0.2) is 47.8 Å². The molecule has 1 amide bonds. The third-order valence-electron chi connectivity index (χ3n) is 4.31. The largest absolute Gasteiger partial charge is 0.479 e. The van der Waals surface area contributed by atoms with Crippen molar-refractivity contribution in [3.05, 3.63) is 53.5 Å². The summed E-state index contributed by atoms with van der Waals surface area (Å²) in [5.41, 5.74) is 1.44. The van der Waals surface area contributed by atoms with Crippen LogP contribution in [0.1, 0.15) is 23.3 Å². The molecule has 0 radical (unpaired) electrons. The summed E-state index contributed by atoms with van der Waals surface area (Å²) in [5.74, 6) is 3.06. The Morgan fingerprint density at radius 1 is 1.36 bits per heavy atom. The zero-order valence-corrected chi connectivity index (χ0v) is 15.7. The van der Waals surface area contributed by atoms with E-state index in [4.69, 9.17) is 16.6 Å². The Kier molecular flexibility index (Phi) is 6.07. The van der Waals surface area contributed by atoms with Crippen molar-refractivity contribution in [1.29, 1.82) is 5.41 Å². The number of amides is 1.